The summed E-state index contributed by atoms with van der Waals surface area (Å²) in [6, 6.07) is 11.7. The van der Waals surface area contributed by atoms with Crippen molar-refractivity contribution in [1.82, 2.24) is 20.2 Å². The van der Waals surface area contributed by atoms with Gasteiger partial charge >= 0.3 is 0 Å². The highest BCUT2D eigenvalue weighted by atomic mass is 16.5. The van der Waals surface area contributed by atoms with Gasteiger partial charge in [0, 0.05) is 16.5 Å². The van der Waals surface area contributed by atoms with Crippen molar-refractivity contribution in [3.63, 3.8) is 0 Å². The minimum absolute atomic E-state index is 0.315. The van der Waals surface area contributed by atoms with Crippen LogP contribution >= 0.6 is 0 Å². The second-order valence-corrected chi connectivity index (χ2v) is 6.39. The topological polar surface area (TPSA) is 97.3 Å². The summed E-state index contributed by atoms with van der Waals surface area (Å²) in [6.07, 6.45) is 0. The Labute approximate surface area is 161 Å². The second kappa shape index (κ2) is 7.15. The summed E-state index contributed by atoms with van der Waals surface area (Å²) in [7, 11) is 3.20. The number of rotatable bonds is 5. The van der Waals surface area contributed by atoms with Crippen molar-refractivity contribution < 1.29 is 9.47 Å². The molecule has 2 aromatic carbocycles. The van der Waals surface area contributed by atoms with E-state index >= 15 is 0 Å². The van der Waals surface area contributed by atoms with Gasteiger partial charge in [0.05, 0.1) is 19.9 Å². The molecule has 0 spiro atoms. The molecular weight excluding hydrogens is 356 g/mol. The third kappa shape index (κ3) is 3.20. The van der Waals surface area contributed by atoms with Crippen molar-refractivity contribution in [3.05, 3.63) is 47.5 Å². The number of aromatic nitrogens is 4. The third-order valence-corrected chi connectivity index (χ3v) is 4.49. The Morgan fingerprint density at radius 2 is 1.86 bits per heavy atom. The van der Waals surface area contributed by atoms with Crippen LogP contribution in [-0.4, -0.2) is 40.1 Å². The van der Waals surface area contributed by atoms with Crippen molar-refractivity contribution in [2.45, 2.75) is 13.8 Å². The average molecular weight is 376 g/mol. The number of hydrogen-bond donors (Lipinski definition) is 2. The van der Waals surface area contributed by atoms with Gasteiger partial charge in [0.2, 0.25) is 0 Å². The number of nitrogens with zero attached hydrogens (tertiary/aromatic N) is 4. The Kier molecular flexibility index (Phi) is 4.52. The lowest BCUT2D eigenvalue weighted by molar-refractivity contribution is 0.355. The molecule has 4 aromatic rings. The molecule has 0 unspecified atom stereocenters. The van der Waals surface area contributed by atoms with E-state index in [4.69, 9.17) is 9.47 Å². The van der Waals surface area contributed by atoms with E-state index in [1.807, 2.05) is 44.2 Å². The monoisotopic (exact) mass is 376 g/mol. The Balaban J connectivity index is 1.61. The molecule has 8 nitrogen and oxygen atoms in total. The quantitative estimate of drug-likeness (QED) is 0.407. The van der Waals surface area contributed by atoms with Crippen LogP contribution in [0.1, 0.15) is 18.1 Å². The standard InChI is InChI=1S/C20H20N6O2/c1-11-5-7-15-14(9-11)18-19(21-15)22-20(26-24-18)25-23-12(2)13-6-8-16(27-3)17(10-13)28-4/h5-10H,1-4H3,(H2,21,22,25,26). The highest BCUT2D eigenvalue weighted by molar-refractivity contribution is 6.03. The molecule has 0 bridgehead atoms. The summed E-state index contributed by atoms with van der Waals surface area (Å²) in [5.41, 5.74) is 8.05. The summed E-state index contributed by atoms with van der Waals surface area (Å²) >= 11 is 0. The van der Waals surface area contributed by atoms with Crippen LogP contribution in [0.25, 0.3) is 22.1 Å². The molecule has 0 radical (unpaired) electrons. The van der Waals surface area contributed by atoms with Crippen LogP contribution in [0.3, 0.4) is 0 Å². The van der Waals surface area contributed by atoms with E-state index in [2.05, 4.69) is 36.8 Å². The van der Waals surface area contributed by atoms with Crippen molar-refractivity contribution in [1.29, 1.82) is 0 Å². The smallest absolute Gasteiger partial charge is 0.265 e. The molecule has 0 saturated heterocycles. The van der Waals surface area contributed by atoms with Crippen LogP contribution < -0.4 is 14.9 Å². The van der Waals surface area contributed by atoms with E-state index < -0.39 is 0 Å². The van der Waals surface area contributed by atoms with E-state index in [9.17, 15) is 0 Å². The van der Waals surface area contributed by atoms with Gasteiger partial charge < -0.3 is 14.5 Å². The fourth-order valence-electron chi connectivity index (χ4n) is 2.99. The van der Waals surface area contributed by atoms with E-state index in [1.165, 1.54) is 0 Å². The van der Waals surface area contributed by atoms with E-state index in [0.29, 0.717) is 23.1 Å². The summed E-state index contributed by atoms with van der Waals surface area (Å²) < 4.78 is 10.6. The molecule has 4 rings (SSSR count). The number of anilines is 1. The molecule has 2 N–H and O–H groups in total. The zero-order chi connectivity index (χ0) is 19.7. The summed E-state index contributed by atoms with van der Waals surface area (Å²) in [4.78, 5) is 7.74. The zero-order valence-electron chi connectivity index (χ0n) is 16.1. The Hall–Kier alpha value is -3.68. The summed E-state index contributed by atoms with van der Waals surface area (Å²) in [5.74, 6) is 1.62. The van der Waals surface area contributed by atoms with Gasteiger partial charge in [-0.05, 0) is 44.2 Å². The normalized spacial score (nSPS) is 11.8. The van der Waals surface area contributed by atoms with Gasteiger partial charge in [-0.3, -0.25) is 0 Å². The number of aryl methyl sites for hydroxylation is 1. The lowest BCUT2D eigenvalue weighted by atomic mass is 10.1. The molecule has 0 saturated carbocycles. The maximum absolute atomic E-state index is 5.34. The predicted molar refractivity (Wildman–Crippen MR) is 109 cm³/mol. The number of methoxy groups -OCH3 is 2. The van der Waals surface area contributed by atoms with Gasteiger partial charge in [0.1, 0.15) is 5.52 Å². The number of nitrogens with one attached hydrogen (secondary N) is 2. The minimum Gasteiger partial charge on any atom is -0.493 e. The average Bonchev–Trinajstić information content (AvgIpc) is 3.08. The minimum atomic E-state index is 0.315. The molecule has 2 heterocycles. The number of hydrazone groups is 1. The first kappa shape index (κ1) is 17.7. The molecule has 142 valence electrons. The predicted octanol–water partition coefficient (Wildman–Crippen LogP) is 3.67. The molecule has 0 fully saturated rings. The highest BCUT2D eigenvalue weighted by Gasteiger charge is 2.10. The molecule has 2 aromatic heterocycles. The first-order valence-corrected chi connectivity index (χ1v) is 8.74. The van der Waals surface area contributed by atoms with Crippen molar-refractivity contribution in [2.24, 2.45) is 5.10 Å². The van der Waals surface area contributed by atoms with Gasteiger partial charge in [0.25, 0.3) is 5.95 Å². The van der Waals surface area contributed by atoms with Crippen molar-refractivity contribution in [2.75, 3.05) is 19.6 Å². The first-order valence-electron chi connectivity index (χ1n) is 8.74. The van der Waals surface area contributed by atoms with Gasteiger partial charge in [0.15, 0.2) is 17.1 Å². The molecule has 0 aliphatic carbocycles. The van der Waals surface area contributed by atoms with Gasteiger partial charge in [-0.15, -0.1) is 10.2 Å². The van der Waals surface area contributed by atoms with Crippen LogP contribution in [0.2, 0.25) is 0 Å². The zero-order valence-corrected chi connectivity index (χ0v) is 16.1. The molecule has 0 atom stereocenters. The highest BCUT2D eigenvalue weighted by Crippen LogP contribution is 2.28. The van der Waals surface area contributed by atoms with Gasteiger partial charge in [-0.25, -0.2) is 5.43 Å². The van der Waals surface area contributed by atoms with Crippen molar-refractivity contribution >= 4 is 33.7 Å². The summed E-state index contributed by atoms with van der Waals surface area (Å²) in [6.45, 7) is 3.92. The number of benzene rings is 2. The number of aromatic amines is 1. The third-order valence-electron chi connectivity index (χ3n) is 4.49. The maximum Gasteiger partial charge on any atom is 0.265 e. The molecule has 8 heteroatoms. The number of H-pyrrole nitrogens is 1. The molecule has 0 aliphatic heterocycles. The lowest BCUT2D eigenvalue weighted by Gasteiger charge is -2.09. The lowest BCUT2D eigenvalue weighted by Crippen LogP contribution is -2.04. The van der Waals surface area contributed by atoms with Crippen molar-refractivity contribution in [3.8, 4) is 11.5 Å². The molecule has 28 heavy (non-hydrogen) atoms. The number of hydrogen-bond acceptors (Lipinski definition) is 7. The van der Waals surface area contributed by atoms with E-state index in [-0.39, 0.29) is 0 Å². The number of ether oxygens (including phenoxy) is 2. The molecule has 0 aliphatic rings. The Bertz CT molecular complexity index is 1200. The fourth-order valence-corrected chi connectivity index (χ4v) is 2.99. The maximum atomic E-state index is 5.34. The fraction of sp³-hybridized carbons (Fsp3) is 0.200. The van der Waals surface area contributed by atoms with Crippen LogP contribution in [0, 0.1) is 6.92 Å². The Morgan fingerprint density at radius 3 is 2.64 bits per heavy atom. The Morgan fingerprint density at radius 1 is 1.04 bits per heavy atom. The first-order chi connectivity index (χ1) is 13.6. The largest absolute Gasteiger partial charge is 0.493 e. The number of fused-ring (bicyclic) bond motifs is 3. The van der Waals surface area contributed by atoms with Gasteiger partial charge in [-0.1, -0.05) is 11.6 Å². The molecular formula is C20H20N6O2. The van der Waals surface area contributed by atoms with Crippen LogP contribution in [0.4, 0.5) is 5.95 Å². The van der Waals surface area contributed by atoms with Crippen LogP contribution in [-0.2, 0) is 0 Å². The van der Waals surface area contributed by atoms with Crippen LogP contribution in [0.5, 0.6) is 11.5 Å². The van der Waals surface area contributed by atoms with Gasteiger partial charge in [-0.2, -0.15) is 10.1 Å². The van der Waals surface area contributed by atoms with Crippen LogP contribution in [0.15, 0.2) is 41.5 Å². The second-order valence-electron chi connectivity index (χ2n) is 6.39. The molecule has 0 amide bonds. The SMILES string of the molecule is COc1ccc(C(C)=NNc2nnc3c(n2)[nH]c2ccc(C)cc23)cc1OC. The summed E-state index contributed by atoms with van der Waals surface area (Å²) in [5, 5.41) is 13.8. The van der Waals surface area contributed by atoms with E-state index in [1.54, 1.807) is 14.2 Å². The van der Waals surface area contributed by atoms with E-state index in [0.717, 1.165) is 33.3 Å².